The zero-order valence-electron chi connectivity index (χ0n) is 14.7. The third-order valence-electron chi connectivity index (χ3n) is 5.36. The summed E-state index contributed by atoms with van der Waals surface area (Å²) in [6.07, 6.45) is 9.66. The molecule has 2 aliphatic rings. The van der Waals surface area contributed by atoms with Gasteiger partial charge in [-0.2, -0.15) is 0 Å². The third-order valence-corrected chi connectivity index (χ3v) is 5.88. The van der Waals surface area contributed by atoms with Crippen LogP contribution in [0.15, 0.2) is 34.8 Å². The molecule has 1 aromatic carbocycles. The lowest BCUT2D eigenvalue weighted by molar-refractivity contribution is -0.117. The Labute approximate surface area is 158 Å². The fourth-order valence-corrected chi connectivity index (χ4v) is 4.17. The first kappa shape index (κ1) is 18.6. The Morgan fingerprint density at radius 1 is 1.16 bits per heavy atom. The Morgan fingerprint density at radius 3 is 2.52 bits per heavy atom. The van der Waals surface area contributed by atoms with Crippen molar-refractivity contribution in [3.63, 3.8) is 0 Å². The van der Waals surface area contributed by atoms with Gasteiger partial charge < -0.3 is 10.1 Å². The van der Waals surface area contributed by atoms with Crippen molar-refractivity contribution >= 4 is 27.9 Å². The number of nitrogens with zero attached hydrogens (tertiary/aromatic N) is 1. The van der Waals surface area contributed by atoms with Crippen molar-refractivity contribution in [2.24, 2.45) is 0 Å². The lowest BCUT2D eigenvalue weighted by Gasteiger charge is -2.48. The minimum Gasteiger partial charge on any atom is -0.379 e. The molecule has 4 nitrogen and oxygen atoms in total. The van der Waals surface area contributed by atoms with Crippen molar-refractivity contribution in [2.45, 2.75) is 37.6 Å². The Kier molecular flexibility index (Phi) is 6.68. The van der Waals surface area contributed by atoms with Gasteiger partial charge in [-0.05, 0) is 36.6 Å². The van der Waals surface area contributed by atoms with Gasteiger partial charge in [0.1, 0.15) is 0 Å². The molecule has 1 aromatic rings. The zero-order chi connectivity index (χ0) is 17.5. The van der Waals surface area contributed by atoms with E-state index in [2.05, 4.69) is 26.1 Å². The molecule has 1 aliphatic heterocycles. The number of nitrogens with one attached hydrogen (secondary N) is 1. The summed E-state index contributed by atoms with van der Waals surface area (Å²) in [6.45, 7) is 4.30. The van der Waals surface area contributed by atoms with Crippen LogP contribution in [-0.4, -0.2) is 49.2 Å². The first-order valence-corrected chi connectivity index (χ1v) is 10.0. The zero-order valence-corrected chi connectivity index (χ0v) is 16.3. The molecule has 1 saturated carbocycles. The summed E-state index contributed by atoms with van der Waals surface area (Å²) in [6, 6.07) is 7.94. The minimum atomic E-state index is -0.0128. The molecule has 136 valence electrons. The maximum atomic E-state index is 12.3. The third kappa shape index (κ3) is 5.16. The van der Waals surface area contributed by atoms with E-state index in [1.807, 2.05) is 30.3 Å². The van der Waals surface area contributed by atoms with Crippen molar-refractivity contribution < 1.29 is 9.53 Å². The molecule has 25 heavy (non-hydrogen) atoms. The lowest BCUT2D eigenvalue weighted by atomic mass is 9.79. The summed E-state index contributed by atoms with van der Waals surface area (Å²) >= 11 is 3.42. The summed E-state index contributed by atoms with van der Waals surface area (Å²) < 4.78 is 6.55. The summed E-state index contributed by atoms with van der Waals surface area (Å²) in [5, 5.41) is 3.15. The molecular formula is C20H27BrN2O2. The molecular weight excluding hydrogens is 380 g/mol. The van der Waals surface area contributed by atoms with E-state index in [-0.39, 0.29) is 11.4 Å². The molecule has 0 unspecified atom stereocenters. The predicted octanol–water partition coefficient (Wildman–Crippen LogP) is 3.61. The summed E-state index contributed by atoms with van der Waals surface area (Å²) in [4.78, 5) is 14.9. The first-order valence-electron chi connectivity index (χ1n) is 9.22. The molecule has 1 amide bonds. The molecule has 0 aromatic heterocycles. The van der Waals surface area contributed by atoms with Crippen molar-refractivity contribution in [2.75, 3.05) is 32.8 Å². The van der Waals surface area contributed by atoms with Gasteiger partial charge >= 0.3 is 0 Å². The van der Waals surface area contributed by atoms with Crippen LogP contribution < -0.4 is 5.32 Å². The van der Waals surface area contributed by atoms with Gasteiger partial charge in [0.2, 0.25) is 5.91 Å². The van der Waals surface area contributed by atoms with E-state index in [4.69, 9.17) is 4.74 Å². The summed E-state index contributed by atoms with van der Waals surface area (Å²) in [7, 11) is 0. The highest BCUT2D eigenvalue weighted by Crippen LogP contribution is 2.33. The second-order valence-corrected chi connectivity index (χ2v) is 7.90. The lowest BCUT2D eigenvalue weighted by Crippen LogP contribution is -2.59. The second kappa shape index (κ2) is 8.97. The van der Waals surface area contributed by atoms with E-state index in [0.29, 0.717) is 0 Å². The van der Waals surface area contributed by atoms with E-state index in [1.54, 1.807) is 6.08 Å². The molecule has 0 spiro atoms. The molecule has 1 heterocycles. The molecule has 3 rings (SSSR count). The standard InChI is InChI=1S/C20H27BrN2O2/c21-18-7-4-17(5-8-18)6-9-19(24)22-16-20(10-2-1-3-11-20)23-12-14-25-15-13-23/h4-9H,1-3,10-16H2,(H,22,24)/b9-6-. The second-order valence-electron chi connectivity index (χ2n) is 6.99. The molecule has 0 radical (unpaired) electrons. The van der Waals surface area contributed by atoms with Crippen molar-refractivity contribution in [1.82, 2.24) is 10.2 Å². The van der Waals surface area contributed by atoms with Gasteiger partial charge in [0.15, 0.2) is 0 Å². The molecule has 2 fully saturated rings. The molecule has 1 aliphatic carbocycles. The number of morpholine rings is 1. The predicted molar refractivity (Wildman–Crippen MR) is 104 cm³/mol. The number of hydrogen-bond acceptors (Lipinski definition) is 3. The summed E-state index contributed by atoms with van der Waals surface area (Å²) in [5.74, 6) is -0.0128. The average molecular weight is 407 g/mol. The minimum absolute atomic E-state index is 0.0128. The van der Waals surface area contributed by atoms with Crippen LogP contribution in [0.4, 0.5) is 0 Å². The molecule has 5 heteroatoms. The van der Waals surface area contributed by atoms with E-state index < -0.39 is 0 Å². The van der Waals surface area contributed by atoms with Gasteiger partial charge in [0, 0.05) is 35.7 Å². The Hall–Kier alpha value is -1.17. The van der Waals surface area contributed by atoms with Crippen LogP contribution in [0.3, 0.4) is 0 Å². The SMILES string of the molecule is O=C(/C=C\c1ccc(Br)cc1)NCC1(N2CCOCC2)CCCCC1. The van der Waals surface area contributed by atoms with E-state index in [0.717, 1.165) is 42.9 Å². The van der Waals surface area contributed by atoms with Gasteiger partial charge in [0.05, 0.1) is 13.2 Å². The smallest absolute Gasteiger partial charge is 0.244 e. The maximum absolute atomic E-state index is 12.3. The molecule has 0 bridgehead atoms. The van der Waals surface area contributed by atoms with Crippen LogP contribution in [0.5, 0.6) is 0 Å². The summed E-state index contributed by atoms with van der Waals surface area (Å²) in [5.41, 5.74) is 1.14. The number of carbonyl (C=O) groups is 1. The van der Waals surface area contributed by atoms with Crippen LogP contribution in [0.1, 0.15) is 37.7 Å². The van der Waals surface area contributed by atoms with Crippen LogP contribution in [0, 0.1) is 0 Å². The number of hydrogen-bond donors (Lipinski definition) is 1. The number of amides is 1. The van der Waals surface area contributed by atoms with Crippen molar-refractivity contribution in [3.8, 4) is 0 Å². The fraction of sp³-hybridized carbons (Fsp3) is 0.550. The Morgan fingerprint density at radius 2 is 1.84 bits per heavy atom. The van der Waals surface area contributed by atoms with Crippen LogP contribution >= 0.6 is 15.9 Å². The van der Waals surface area contributed by atoms with Crippen LogP contribution in [-0.2, 0) is 9.53 Å². The molecule has 1 saturated heterocycles. The molecule has 0 atom stereocenters. The van der Waals surface area contributed by atoms with E-state index in [9.17, 15) is 4.79 Å². The highest BCUT2D eigenvalue weighted by Gasteiger charge is 2.38. The number of carbonyl (C=O) groups excluding carboxylic acids is 1. The number of benzene rings is 1. The van der Waals surface area contributed by atoms with Gasteiger partial charge in [0.25, 0.3) is 0 Å². The number of rotatable bonds is 5. The monoisotopic (exact) mass is 406 g/mol. The van der Waals surface area contributed by atoms with E-state index >= 15 is 0 Å². The van der Waals surface area contributed by atoms with Crippen molar-refractivity contribution in [3.05, 3.63) is 40.4 Å². The van der Waals surface area contributed by atoms with Gasteiger partial charge in [-0.3, -0.25) is 9.69 Å². The normalized spacial score (nSPS) is 21.3. The molecule has 1 N–H and O–H groups in total. The maximum Gasteiger partial charge on any atom is 0.244 e. The average Bonchev–Trinajstić information content (AvgIpc) is 2.67. The van der Waals surface area contributed by atoms with Crippen LogP contribution in [0.25, 0.3) is 6.08 Å². The van der Waals surface area contributed by atoms with Crippen LogP contribution in [0.2, 0.25) is 0 Å². The van der Waals surface area contributed by atoms with Gasteiger partial charge in [-0.1, -0.05) is 47.3 Å². The van der Waals surface area contributed by atoms with E-state index in [1.165, 1.54) is 32.1 Å². The van der Waals surface area contributed by atoms with Crippen molar-refractivity contribution in [1.29, 1.82) is 0 Å². The number of halogens is 1. The largest absolute Gasteiger partial charge is 0.379 e. The Bertz CT molecular complexity index is 588. The first-order chi connectivity index (χ1) is 12.2. The van der Waals surface area contributed by atoms with Gasteiger partial charge in [-0.15, -0.1) is 0 Å². The highest BCUT2D eigenvalue weighted by atomic mass is 79.9. The quantitative estimate of drug-likeness (QED) is 0.759. The highest BCUT2D eigenvalue weighted by molar-refractivity contribution is 9.10. The fourth-order valence-electron chi connectivity index (χ4n) is 3.91. The number of ether oxygens (including phenoxy) is 1. The van der Waals surface area contributed by atoms with Gasteiger partial charge in [-0.25, -0.2) is 0 Å². The topological polar surface area (TPSA) is 41.6 Å². The Balaban J connectivity index is 1.58.